The van der Waals surface area contributed by atoms with Crippen LogP contribution in [0.25, 0.3) is 22.3 Å². The first-order valence-electron chi connectivity index (χ1n) is 8.42. The summed E-state index contributed by atoms with van der Waals surface area (Å²) in [5.74, 6) is 0.802. The summed E-state index contributed by atoms with van der Waals surface area (Å²) in [7, 11) is 0. The summed E-state index contributed by atoms with van der Waals surface area (Å²) in [4.78, 5) is 13.6. The Morgan fingerprint density at radius 2 is 2.08 bits per heavy atom. The number of pyridine rings is 2. The van der Waals surface area contributed by atoms with Gasteiger partial charge in [-0.15, -0.1) is 0 Å². The first kappa shape index (κ1) is 16.8. The minimum absolute atomic E-state index is 0.0678. The number of rotatable bonds is 2. The summed E-state index contributed by atoms with van der Waals surface area (Å²) in [6.07, 6.45) is -1.85. The lowest BCUT2D eigenvalue weighted by Gasteiger charge is -2.28. The van der Waals surface area contributed by atoms with E-state index >= 15 is 0 Å². The van der Waals surface area contributed by atoms with Crippen molar-refractivity contribution < 1.29 is 13.2 Å². The van der Waals surface area contributed by atoms with Gasteiger partial charge in [0.15, 0.2) is 0 Å². The largest absolute Gasteiger partial charge is 0.418 e. The van der Waals surface area contributed by atoms with Crippen LogP contribution < -0.4 is 10.2 Å². The van der Waals surface area contributed by atoms with Crippen LogP contribution in [0, 0.1) is 6.92 Å². The summed E-state index contributed by atoms with van der Waals surface area (Å²) < 4.78 is 40.1. The topological polar surface area (TPSA) is 56.8 Å². The molecule has 4 heterocycles. The second-order valence-electron chi connectivity index (χ2n) is 6.40. The molecule has 1 aliphatic rings. The van der Waals surface area contributed by atoms with E-state index in [-0.39, 0.29) is 16.7 Å². The zero-order valence-corrected chi connectivity index (χ0v) is 14.2. The zero-order chi connectivity index (χ0) is 18.3. The van der Waals surface area contributed by atoms with Crippen LogP contribution in [-0.4, -0.2) is 34.7 Å². The smallest absolute Gasteiger partial charge is 0.344 e. The van der Waals surface area contributed by atoms with Gasteiger partial charge in [0.05, 0.1) is 17.9 Å². The minimum Gasteiger partial charge on any atom is -0.344 e. The maximum atomic E-state index is 13.4. The minimum atomic E-state index is -4.43. The SMILES string of the molecule is Cc1[nH]c2ncc(-c3cccc(N4CCCNC4)n3)cc2c1C(F)(F)F. The number of nitrogens with one attached hydrogen (secondary N) is 2. The highest BCUT2D eigenvalue weighted by atomic mass is 19.4. The first-order valence-corrected chi connectivity index (χ1v) is 8.42. The number of hydrogen-bond donors (Lipinski definition) is 2. The summed E-state index contributed by atoms with van der Waals surface area (Å²) >= 11 is 0. The summed E-state index contributed by atoms with van der Waals surface area (Å²) in [6.45, 7) is 4.00. The predicted octanol–water partition coefficient (Wildman–Crippen LogP) is 3.71. The van der Waals surface area contributed by atoms with Gasteiger partial charge in [0.2, 0.25) is 0 Å². The van der Waals surface area contributed by atoms with Crippen LogP contribution in [0.3, 0.4) is 0 Å². The normalized spacial score (nSPS) is 15.6. The highest BCUT2D eigenvalue weighted by Crippen LogP contribution is 2.38. The first-order chi connectivity index (χ1) is 12.4. The van der Waals surface area contributed by atoms with Crippen molar-refractivity contribution in [3.8, 4) is 11.3 Å². The van der Waals surface area contributed by atoms with Gasteiger partial charge in [-0.3, -0.25) is 5.32 Å². The maximum absolute atomic E-state index is 13.4. The Balaban J connectivity index is 1.77. The molecule has 0 amide bonds. The molecular formula is C18H18F3N5. The van der Waals surface area contributed by atoms with E-state index in [4.69, 9.17) is 0 Å². The second-order valence-corrected chi connectivity index (χ2v) is 6.40. The van der Waals surface area contributed by atoms with Gasteiger partial charge in [-0.05, 0) is 38.1 Å². The molecule has 1 fully saturated rings. The Kier molecular flexibility index (Phi) is 4.07. The molecule has 2 N–H and O–H groups in total. The van der Waals surface area contributed by atoms with Crippen molar-refractivity contribution in [2.24, 2.45) is 0 Å². The molecule has 0 aliphatic carbocycles. The van der Waals surface area contributed by atoms with Gasteiger partial charge >= 0.3 is 6.18 Å². The van der Waals surface area contributed by atoms with Crippen LogP contribution in [0.4, 0.5) is 19.0 Å². The van der Waals surface area contributed by atoms with E-state index in [1.165, 1.54) is 13.0 Å². The van der Waals surface area contributed by atoms with E-state index in [1.807, 2.05) is 12.1 Å². The van der Waals surface area contributed by atoms with Gasteiger partial charge in [-0.1, -0.05) is 6.07 Å². The molecule has 0 bridgehead atoms. The highest BCUT2D eigenvalue weighted by Gasteiger charge is 2.36. The molecule has 0 aromatic carbocycles. The van der Waals surface area contributed by atoms with E-state index in [0.29, 0.717) is 17.9 Å². The third-order valence-electron chi connectivity index (χ3n) is 4.56. The van der Waals surface area contributed by atoms with Gasteiger partial charge < -0.3 is 9.88 Å². The molecule has 1 saturated heterocycles. The van der Waals surface area contributed by atoms with Crippen LogP contribution in [-0.2, 0) is 6.18 Å². The standard InChI is InChI=1S/C18H18F3N5/c1-11-16(18(19,20)21)13-8-12(9-23-17(13)24-11)14-4-2-5-15(25-14)26-7-3-6-22-10-26/h2,4-5,8-9,22H,3,6-7,10H2,1H3,(H,23,24). The van der Waals surface area contributed by atoms with Gasteiger partial charge in [0.25, 0.3) is 0 Å². The van der Waals surface area contributed by atoms with E-state index in [0.717, 1.165) is 25.3 Å². The highest BCUT2D eigenvalue weighted by molar-refractivity contribution is 5.86. The number of aromatic nitrogens is 3. The van der Waals surface area contributed by atoms with Crippen molar-refractivity contribution in [1.82, 2.24) is 20.3 Å². The van der Waals surface area contributed by atoms with Crippen molar-refractivity contribution in [2.75, 3.05) is 24.7 Å². The van der Waals surface area contributed by atoms with E-state index in [1.54, 1.807) is 12.3 Å². The van der Waals surface area contributed by atoms with Crippen LogP contribution >= 0.6 is 0 Å². The maximum Gasteiger partial charge on any atom is 0.418 e. The van der Waals surface area contributed by atoms with Crippen molar-refractivity contribution in [3.63, 3.8) is 0 Å². The lowest BCUT2D eigenvalue weighted by atomic mass is 10.1. The number of fused-ring (bicyclic) bond motifs is 1. The number of aromatic amines is 1. The fourth-order valence-electron chi connectivity index (χ4n) is 3.35. The molecule has 26 heavy (non-hydrogen) atoms. The molecule has 4 rings (SSSR count). The van der Waals surface area contributed by atoms with Crippen molar-refractivity contribution in [2.45, 2.75) is 19.5 Å². The Labute approximate surface area is 148 Å². The molecule has 0 radical (unpaired) electrons. The fraction of sp³-hybridized carbons (Fsp3) is 0.333. The monoisotopic (exact) mass is 361 g/mol. The Hall–Kier alpha value is -2.61. The average Bonchev–Trinajstić information content (AvgIpc) is 2.97. The molecule has 136 valence electrons. The lowest BCUT2D eigenvalue weighted by molar-refractivity contribution is -0.136. The molecule has 0 spiro atoms. The van der Waals surface area contributed by atoms with Crippen molar-refractivity contribution in [1.29, 1.82) is 0 Å². The summed E-state index contributed by atoms with van der Waals surface area (Å²) in [6, 6.07) is 7.07. The van der Waals surface area contributed by atoms with Crippen molar-refractivity contribution in [3.05, 3.63) is 41.7 Å². The number of anilines is 1. The molecule has 0 unspecified atom stereocenters. The third kappa shape index (κ3) is 3.01. The van der Waals surface area contributed by atoms with Gasteiger partial charge in [-0.2, -0.15) is 13.2 Å². The number of nitrogens with zero attached hydrogens (tertiary/aromatic N) is 3. The quantitative estimate of drug-likeness (QED) is 0.731. The van der Waals surface area contributed by atoms with E-state index < -0.39 is 11.7 Å². The third-order valence-corrected chi connectivity index (χ3v) is 4.56. The van der Waals surface area contributed by atoms with Crippen LogP contribution in [0.5, 0.6) is 0 Å². The van der Waals surface area contributed by atoms with Crippen LogP contribution in [0.15, 0.2) is 30.5 Å². The Bertz CT molecular complexity index is 942. The van der Waals surface area contributed by atoms with Gasteiger partial charge in [-0.25, -0.2) is 9.97 Å². The number of hydrogen-bond acceptors (Lipinski definition) is 4. The average molecular weight is 361 g/mol. The zero-order valence-electron chi connectivity index (χ0n) is 14.2. The molecule has 0 saturated carbocycles. The van der Waals surface area contributed by atoms with Gasteiger partial charge in [0.1, 0.15) is 11.5 Å². The number of halogens is 3. The van der Waals surface area contributed by atoms with Crippen LogP contribution in [0.2, 0.25) is 0 Å². The predicted molar refractivity (Wildman–Crippen MR) is 93.9 cm³/mol. The summed E-state index contributed by atoms with van der Waals surface area (Å²) in [5, 5.41) is 3.36. The molecule has 5 nitrogen and oxygen atoms in total. The molecule has 1 aliphatic heterocycles. The molecule has 8 heteroatoms. The molecule has 0 atom stereocenters. The van der Waals surface area contributed by atoms with Crippen molar-refractivity contribution >= 4 is 16.9 Å². The van der Waals surface area contributed by atoms with E-state index in [9.17, 15) is 13.2 Å². The number of aryl methyl sites for hydroxylation is 1. The van der Waals surface area contributed by atoms with Crippen LogP contribution in [0.1, 0.15) is 17.7 Å². The molecular weight excluding hydrogens is 343 g/mol. The Morgan fingerprint density at radius 3 is 2.81 bits per heavy atom. The van der Waals surface area contributed by atoms with E-state index in [2.05, 4.69) is 25.2 Å². The lowest BCUT2D eigenvalue weighted by Crippen LogP contribution is -2.42. The number of alkyl halides is 3. The Morgan fingerprint density at radius 1 is 1.23 bits per heavy atom. The second kappa shape index (κ2) is 6.28. The van der Waals surface area contributed by atoms with Gasteiger partial charge in [0, 0.05) is 29.4 Å². The molecule has 3 aromatic rings. The summed E-state index contributed by atoms with van der Waals surface area (Å²) in [5.41, 5.74) is 0.801. The fourth-order valence-corrected chi connectivity index (χ4v) is 3.35. The number of H-pyrrole nitrogens is 1. The molecule has 3 aromatic heterocycles.